The molecule has 0 saturated heterocycles. The van der Waals surface area contributed by atoms with Gasteiger partial charge >= 0.3 is 0 Å². The standard InChI is InChI=1S/C21H19BrN2O2/c1-13-5-7-14(8-6-13)16-11-20(26)24(19-10-9-15(22)12-23-19)17-3-2-4-18(25)21(16)17/h5-10,12,16H,2-4,11H2,1H3. The first-order valence-electron chi connectivity index (χ1n) is 8.82. The van der Waals surface area contributed by atoms with Crippen molar-refractivity contribution < 1.29 is 9.59 Å². The number of anilines is 1. The normalized spacial score (nSPS) is 20.4. The Morgan fingerprint density at radius 1 is 1.08 bits per heavy atom. The van der Waals surface area contributed by atoms with E-state index < -0.39 is 0 Å². The first-order chi connectivity index (χ1) is 12.5. The van der Waals surface area contributed by atoms with Gasteiger partial charge in [-0.25, -0.2) is 4.98 Å². The number of Topliss-reactive ketones (excluding diaryl/α,β-unsaturated/α-hetero) is 1. The predicted molar refractivity (Wildman–Crippen MR) is 104 cm³/mol. The second-order valence-corrected chi connectivity index (χ2v) is 7.78. The zero-order chi connectivity index (χ0) is 18.3. The molecule has 1 atom stereocenters. The number of hydrogen-bond donors (Lipinski definition) is 0. The summed E-state index contributed by atoms with van der Waals surface area (Å²) in [5.74, 6) is 0.589. The third-order valence-electron chi connectivity index (χ3n) is 5.10. The van der Waals surface area contributed by atoms with Crippen molar-refractivity contribution in [2.45, 2.75) is 38.5 Å². The molecule has 132 valence electrons. The highest BCUT2D eigenvalue weighted by Gasteiger charge is 2.40. The van der Waals surface area contributed by atoms with E-state index in [0.29, 0.717) is 18.7 Å². The van der Waals surface area contributed by atoms with Crippen molar-refractivity contribution in [1.29, 1.82) is 0 Å². The number of benzene rings is 1. The fraction of sp³-hybridized carbons (Fsp3) is 0.286. The quantitative estimate of drug-likeness (QED) is 0.721. The SMILES string of the molecule is Cc1ccc(C2CC(=O)N(c3ccc(Br)cn3)C3=C2C(=O)CCC3)cc1. The molecule has 4 nitrogen and oxygen atoms in total. The van der Waals surface area contributed by atoms with E-state index in [1.165, 1.54) is 5.56 Å². The maximum atomic E-state index is 13.0. The number of nitrogens with zero attached hydrogens (tertiary/aromatic N) is 2. The number of ketones is 1. The van der Waals surface area contributed by atoms with E-state index in [9.17, 15) is 9.59 Å². The smallest absolute Gasteiger partial charge is 0.233 e. The average Bonchev–Trinajstić information content (AvgIpc) is 2.63. The van der Waals surface area contributed by atoms with E-state index in [2.05, 4.69) is 20.9 Å². The predicted octanol–water partition coefficient (Wildman–Crippen LogP) is 4.68. The van der Waals surface area contributed by atoms with Gasteiger partial charge in [0.15, 0.2) is 5.78 Å². The first kappa shape index (κ1) is 17.2. The van der Waals surface area contributed by atoms with Crippen LogP contribution in [-0.2, 0) is 9.59 Å². The Labute approximate surface area is 161 Å². The molecule has 2 aromatic rings. The van der Waals surface area contributed by atoms with Crippen LogP contribution in [0.3, 0.4) is 0 Å². The van der Waals surface area contributed by atoms with Crippen molar-refractivity contribution in [1.82, 2.24) is 4.98 Å². The summed E-state index contributed by atoms with van der Waals surface area (Å²) in [5, 5.41) is 0. The van der Waals surface area contributed by atoms with Gasteiger partial charge in [0, 0.05) is 40.7 Å². The maximum absolute atomic E-state index is 13.0. The molecular formula is C21H19BrN2O2. The van der Waals surface area contributed by atoms with Gasteiger partial charge in [-0.15, -0.1) is 0 Å². The minimum Gasteiger partial charge on any atom is -0.294 e. The Kier molecular flexibility index (Phi) is 4.49. The molecule has 1 aliphatic carbocycles. The van der Waals surface area contributed by atoms with E-state index in [4.69, 9.17) is 0 Å². The summed E-state index contributed by atoms with van der Waals surface area (Å²) >= 11 is 3.38. The number of aryl methyl sites for hydroxylation is 1. The number of allylic oxidation sites excluding steroid dienone is 2. The molecule has 0 spiro atoms. The largest absolute Gasteiger partial charge is 0.294 e. The molecule has 1 aliphatic heterocycles. The highest BCUT2D eigenvalue weighted by Crippen LogP contribution is 2.43. The van der Waals surface area contributed by atoms with Crippen molar-refractivity contribution in [3.8, 4) is 0 Å². The molecule has 1 unspecified atom stereocenters. The van der Waals surface area contributed by atoms with Crippen molar-refractivity contribution in [2.75, 3.05) is 4.90 Å². The van der Waals surface area contributed by atoms with E-state index in [1.807, 2.05) is 43.3 Å². The lowest BCUT2D eigenvalue weighted by Crippen LogP contribution is -2.41. The molecule has 1 aromatic carbocycles. The van der Waals surface area contributed by atoms with Crippen molar-refractivity contribution in [3.63, 3.8) is 0 Å². The lowest BCUT2D eigenvalue weighted by molar-refractivity contribution is -0.120. The van der Waals surface area contributed by atoms with Gasteiger partial charge in [-0.3, -0.25) is 14.5 Å². The van der Waals surface area contributed by atoms with Crippen LogP contribution in [0.5, 0.6) is 0 Å². The van der Waals surface area contributed by atoms with E-state index in [1.54, 1.807) is 11.1 Å². The zero-order valence-electron chi connectivity index (χ0n) is 14.5. The number of carbonyl (C=O) groups is 2. The third kappa shape index (κ3) is 3.01. The van der Waals surface area contributed by atoms with Crippen molar-refractivity contribution in [3.05, 3.63) is 69.5 Å². The third-order valence-corrected chi connectivity index (χ3v) is 5.56. The lowest BCUT2D eigenvalue weighted by atomic mass is 9.77. The number of pyridine rings is 1. The molecule has 2 heterocycles. The van der Waals surface area contributed by atoms with Crippen molar-refractivity contribution in [2.24, 2.45) is 0 Å². The van der Waals surface area contributed by atoms with Gasteiger partial charge in [0.25, 0.3) is 0 Å². The van der Waals surface area contributed by atoms with Gasteiger partial charge in [0.05, 0.1) is 0 Å². The monoisotopic (exact) mass is 410 g/mol. The molecule has 4 rings (SSSR count). The Hall–Kier alpha value is -2.27. The van der Waals surface area contributed by atoms with Gasteiger partial charge in [-0.05, 0) is 53.4 Å². The fourth-order valence-corrected chi connectivity index (χ4v) is 4.08. The molecule has 2 aliphatic rings. The van der Waals surface area contributed by atoms with E-state index in [0.717, 1.165) is 34.1 Å². The molecule has 1 aromatic heterocycles. The highest BCUT2D eigenvalue weighted by molar-refractivity contribution is 9.10. The average molecular weight is 411 g/mol. The molecule has 0 fully saturated rings. The number of carbonyl (C=O) groups excluding carboxylic acids is 2. The molecule has 0 N–H and O–H groups in total. The minimum absolute atomic E-state index is 0.00107. The summed E-state index contributed by atoms with van der Waals surface area (Å²) < 4.78 is 0.858. The van der Waals surface area contributed by atoms with Crippen LogP contribution < -0.4 is 4.90 Å². The topological polar surface area (TPSA) is 50.3 Å². The second kappa shape index (κ2) is 6.80. The summed E-state index contributed by atoms with van der Waals surface area (Å²) in [6.45, 7) is 2.03. The molecule has 1 amide bonds. The van der Waals surface area contributed by atoms with Crippen LogP contribution in [0.1, 0.15) is 42.7 Å². The fourth-order valence-electron chi connectivity index (χ4n) is 3.84. The zero-order valence-corrected chi connectivity index (χ0v) is 16.1. The number of amides is 1. The van der Waals surface area contributed by atoms with Crippen LogP contribution in [0.25, 0.3) is 0 Å². The number of rotatable bonds is 2. The minimum atomic E-state index is -0.155. The van der Waals surface area contributed by atoms with Gasteiger partial charge in [-0.2, -0.15) is 0 Å². The Morgan fingerprint density at radius 2 is 1.85 bits per heavy atom. The van der Waals surface area contributed by atoms with Crippen LogP contribution >= 0.6 is 15.9 Å². The molecule has 0 radical (unpaired) electrons. The van der Waals surface area contributed by atoms with E-state index in [-0.39, 0.29) is 17.6 Å². The van der Waals surface area contributed by atoms with Crippen LogP contribution in [0.4, 0.5) is 5.82 Å². The Morgan fingerprint density at radius 3 is 2.54 bits per heavy atom. The van der Waals surface area contributed by atoms with Gasteiger partial charge in [-0.1, -0.05) is 29.8 Å². The lowest BCUT2D eigenvalue weighted by Gasteiger charge is -2.37. The molecule has 5 heteroatoms. The molecule has 0 saturated carbocycles. The number of aromatic nitrogens is 1. The van der Waals surface area contributed by atoms with Gasteiger partial charge in [0.1, 0.15) is 5.82 Å². The maximum Gasteiger partial charge on any atom is 0.233 e. The number of halogens is 1. The van der Waals surface area contributed by atoms with Crippen molar-refractivity contribution >= 4 is 33.4 Å². The van der Waals surface area contributed by atoms with Gasteiger partial charge < -0.3 is 0 Å². The van der Waals surface area contributed by atoms with Crippen LogP contribution in [-0.4, -0.2) is 16.7 Å². The summed E-state index contributed by atoms with van der Waals surface area (Å²) in [6, 6.07) is 11.8. The van der Waals surface area contributed by atoms with Gasteiger partial charge in [0.2, 0.25) is 5.91 Å². The van der Waals surface area contributed by atoms with Crippen LogP contribution in [0.15, 0.2) is 58.3 Å². The number of hydrogen-bond acceptors (Lipinski definition) is 3. The molecular weight excluding hydrogens is 392 g/mol. The van der Waals surface area contributed by atoms with E-state index >= 15 is 0 Å². The Balaban J connectivity index is 1.84. The first-order valence-corrected chi connectivity index (χ1v) is 9.61. The highest BCUT2D eigenvalue weighted by atomic mass is 79.9. The summed E-state index contributed by atoms with van der Waals surface area (Å²) in [5.41, 5.74) is 3.83. The summed E-state index contributed by atoms with van der Waals surface area (Å²) in [4.78, 5) is 31.9. The Bertz CT molecular complexity index is 901. The summed E-state index contributed by atoms with van der Waals surface area (Å²) in [7, 11) is 0. The van der Waals surface area contributed by atoms with Crippen LogP contribution in [0, 0.1) is 6.92 Å². The molecule has 26 heavy (non-hydrogen) atoms. The second-order valence-electron chi connectivity index (χ2n) is 6.87. The molecule has 0 bridgehead atoms. The van der Waals surface area contributed by atoms with Crippen LogP contribution in [0.2, 0.25) is 0 Å². The summed E-state index contributed by atoms with van der Waals surface area (Å²) in [6.07, 6.45) is 4.04.